The van der Waals surface area contributed by atoms with Gasteiger partial charge < -0.3 is 10.6 Å². The molecule has 0 aliphatic heterocycles. The molecule has 0 radical (unpaired) electrons. The van der Waals surface area contributed by atoms with E-state index >= 15 is 0 Å². The van der Waals surface area contributed by atoms with Crippen molar-refractivity contribution in [2.75, 3.05) is 13.1 Å². The Morgan fingerprint density at radius 2 is 2.16 bits per heavy atom. The van der Waals surface area contributed by atoms with Crippen molar-refractivity contribution < 1.29 is 4.39 Å². The van der Waals surface area contributed by atoms with Crippen molar-refractivity contribution in [1.82, 2.24) is 15.6 Å². The molecule has 25 heavy (non-hydrogen) atoms. The zero-order valence-electron chi connectivity index (χ0n) is 14.8. The van der Waals surface area contributed by atoms with Gasteiger partial charge in [0.2, 0.25) is 0 Å². The summed E-state index contributed by atoms with van der Waals surface area (Å²) in [6.45, 7) is 6.29. The van der Waals surface area contributed by atoms with E-state index in [-0.39, 0.29) is 11.2 Å². The van der Waals surface area contributed by atoms with Gasteiger partial charge in [0, 0.05) is 23.9 Å². The summed E-state index contributed by atoms with van der Waals surface area (Å²) in [5.74, 6) is 0.621. The van der Waals surface area contributed by atoms with Crippen molar-refractivity contribution in [3.8, 4) is 0 Å². The van der Waals surface area contributed by atoms with Gasteiger partial charge in [-0.15, -0.1) is 11.3 Å². The van der Waals surface area contributed by atoms with Gasteiger partial charge in [0.15, 0.2) is 5.96 Å². The lowest BCUT2D eigenvalue weighted by atomic mass is 9.96. The van der Waals surface area contributed by atoms with Gasteiger partial charge in [-0.05, 0) is 43.9 Å². The van der Waals surface area contributed by atoms with Crippen LogP contribution in [-0.2, 0) is 18.4 Å². The molecular formula is C19H25FN4S. The number of nitrogens with one attached hydrogen (secondary N) is 2. The van der Waals surface area contributed by atoms with Gasteiger partial charge in [-0.25, -0.2) is 14.4 Å². The highest BCUT2D eigenvalue weighted by Gasteiger charge is 2.44. The number of hydrogen-bond donors (Lipinski definition) is 2. The highest BCUT2D eigenvalue weighted by Crippen LogP contribution is 2.47. The lowest BCUT2D eigenvalue weighted by Gasteiger charge is -2.19. The quantitative estimate of drug-likeness (QED) is 0.585. The monoisotopic (exact) mass is 360 g/mol. The molecule has 0 spiro atoms. The Morgan fingerprint density at radius 3 is 2.80 bits per heavy atom. The molecule has 0 bridgehead atoms. The summed E-state index contributed by atoms with van der Waals surface area (Å²) in [5, 5.41) is 9.92. The first-order valence-corrected chi connectivity index (χ1v) is 9.74. The smallest absolute Gasteiger partial charge is 0.191 e. The van der Waals surface area contributed by atoms with Crippen LogP contribution in [0.3, 0.4) is 0 Å². The van der Waals surface area contributed by atoms with Crippen molar-refractivity contribution >= 4 is 17.3 Å². The molecule has 0 unspecified atom stereocenters. The number of hydrogen-bond acceptors (Lipinski definition) is 3. The van der Waals surface area contributed by atoms with E-state index in [1.54, 1.807) is 23.5 Å². The van der Waals surface area contributed by atoms with Crippen LogP contribution in [0.1, 0.15) is 43.0 Å². The maximum absolute atomic E-state index is 13.5. The van der Waals surface area contributed by atoms with E-state index in [1.165, 1.54) is 6.07 Å². The molecule has 1 aliphatic rings. The Balaban J connectivity index is 1.62. The first-order chi connectivity index (χ1) is 12.1. The van der Waals surface area contributed by atoms with Gasteiger partial charge >= 0.3 is 0 Å². The van der Waals surface area contributed by atoms with E-state index in [0.29, 0.717) is 6.54 Å². The second-order valence-electron chi connectivity index (χ2n) is 6.43. The predicted molar refractivity (Wildman–Crippen MR) is 102 cm³/mol. The minimum absolute atomic E-state index is 0.0360. The van der Waals surface area contributed by atoms with Crippen LogP contribution < -0.4 is 10.6 Å². The first-order valence-electron chi connectivity index (χ1n) is 8.86. The van der Waals surface area contributed by atoms with Crippen LogP contribution in [0, 0.1) is 5.82 Å². The van der Waals surface area contributed by atoms with Crippen LogP contribution in [0.5, 0.6) is 0 Å². The number of aromatic nitrogens is 1. The van der Waals surface area contributed by atoms with Gasteiger partial charge in [0.05, 0.1) is 17.2 Å². The summed E-state index contributed by atoms with van der Waals surface area (Å²) in [5.41, 5.74) is 2.11. The van der Waals surface area contributed by atoms with E-state index in [0.717, 1.165) is 54.6 Å². The molecule has 1 fully saturated rings. The number of nitrogens with zero attached hydrogens (tertiary/aromatic N) is 2. The van der Waals surface area contributed by atoms with E-state index in [9.17, 15) is 4.39 Å². The van der Waals surface area contributed by atoms with Crippen molar-refractivity contribution in [2.24, 2.45) is 4.99 Å². The number of aryl methyl sites for hydroxylation is 1. The number of rotatable bonds is 7. The lowest BCUT2D eigenvalue weighted by molar-refractivity contribution is 0.607. The van der Waals surface area contributed by atoms with E-state index in [4.69, 9.17) is 0 Å². The fourth-order valence-corrected chi connectivity index (χ4v) is 3.61. The first kappa shape index (κ1) is 17.9. The molecule has 2 aromatic rings. The van der Waals surface area contributed by atoms with E-state index < -0.39 is 0 Å². The SMILES string of the molecule is CCNC(=NCc1csc(CC)n1)NCC1(c2cccc(F)c2)CC1. The molecule has 0 saturated heterocycles. The summed E-state index contributed by atoms with van der Waals surface area (Å²) >= 11 is 1.68. The van der Waals surface area contributed by atoms with Crippen LogP contribution in [-0.4, -0.2) is 24.0 Å². The van der Waals surface area contributed by atoms with Gasteiger partial charge in [0.1, 0.15) is 5.82 Å². The van der Waals surface area contributed by atoms with Crippen LogP contribution >= 0.6 is 11.3 Å². The van der Waals surface area contributed by atoms with E-state index in [2.05, 4.69) is 39.8 Å². The fraction of sp³-hybridized carbons (Fsp3) is 0.474. The maximum Gasteiger partial charge on any atom is 0.191 e. The van der Waals surface area contributed by atoms with Crippen molar-refractivity contribution in [2.45, 2.75) is 45.1 Å². The number of aliphatic imine (C=N–C) groups is 1. The predicted octanol–water partition coefficient (Wildman–Crippen LogP) is 3.63. The second-order valence-corrected chi connectivity index (χ2v) is 7.37. The zero-order chi connectivity index (χ0) is 17.7. The number of halogens is 1. The van der Waals surface area contributed by atoms with Crippen molar-refractivity contribution in [1.29, 1.82) is 0 Å². The zero-order valence-corrected chi connectivity index (χ0v) is 15.6. The average molecular weight is 361 g/mol. The molecule has 0 amide bonds. The molecule has 1 aromatic carbocycles. The van der Waals surface area contributed by atoms with Gasteiger partial charge in [0.25, 0.3) is 0 Å². The van der Waals surface area contributed by atoms with E-state index in [1.807, 2.05) is 6.07 Å². The van der Waals surface area contributed by atoms with Crippen molar-refractivity contribution in [3.05, 3.63) is 51.7 Å². The summed E-state index contributed by atoms with van der Waals surface area (Å²) in [6.07, 6.45) is 3.12. The molecule has 2 N–H and O–H groups in total. The summed E-state index contributed by atoms with van der Waals surface area (Å²) in [4.78, 5) is 9.19. The van der Waals surface area contributed by atoms with Gasteiger partial charge in [-0.1, -0.05) is 19.1 Å². The molecule has 1 aliphatic carbocycles. The molecule has 4 nitrogen and oxygen atoms in total. The third-order valence-electron chi connectivity index (χ3n) is 4.53. The van der Waals surface area contributed by atoms with Crippen LogP contribution in [0.25, 0.3) is 0 Å². The molecule has 1 aromatic heterocycles. The van der Waals surface area contributed by atoms with Gasteiger partial charge in [-0.2, -0.15) is 0 Å². The Bertz CT molecular complexity index is 737. The molecule has 6 heteroatoms. The maximum atomic E-state index is 13.5. The Labute approximate surface area is 152 Å². The number of benzene rings is 1. The normalized spacial score (nSPS) is 15.9. The highest BCUT2D eigenvalue weighted by atomic mass is 32.1. The minimum atomic E-state index is -0.167. The minimum Gasteiger partial charge on any atom is -0.357 e. The lowest BCUT2D eigenvalue weighted by Crippen LogP contribution is -2.41. The number of guanidine groups is 1. The highest BCUT2D eigenvalue weighted by molar-refractivity contribution is 7.09. The van der Waals surface area contributed by atoms with Crippen LogP contribution in [0.4, 0.5) is 4.39 Å². The van der Waals surface area contributed by atoms with Crippen LogP contribution in [0.15, 0.2) is 34.6 Å². The largest absolute Gasteiger partial charge is 0.357 e. The molecule has 1 heterocycles. The molecule has 0 atom stereocenters. The average Bonchev–Trinajstić information content (AvgIpc) is 3.27. The molecule has 1 saturated carbocycles. The van der Waals surface area contributed by atoms with Gasteiger partial charge in [-0.3, -0.25) is 0 Å². The van der Waals surface area contributed by atoms with Crippen molar-refractivity contribution in [3.63, 3.8) is 0 Å². The van der Waals surface area contributed by atoms with Crippen LogP contribution in [0.2, 0.25) is 0 Å². The molecule has 3 rings (SSSR count). The third kappa shape index (κ3) is 4.57. The molecule has 134 valence electrons. The summed E-state index contributed by atoms with van der Waals surface area (Å²) in [7, 11) is 0. The molecular weight excluding hydrogens is 335 g/mol. The standard InChI is InChI=1S/C19H25FN4S/c1-3-17-24-16(12-25-17)11-22-18(21-4-2)23-13-19(8-9-19)14-6-5-7-15(20)10-14/h5-7,10,12H,3-4,8-9,11,13H2,1-2H3,(H2,21,22,23). The summed E-state index contributed by atoms with van der Waals surface area (Å²) < 4.78 is 13.5. The number of thiazole rings is 1. The Hall–Kier alpha value is -1.95. The Morgan fingerprint density at radius 1 is 1.32 bits per heavy atom. The second kappa shape index (κ2) is 7.95. The topological polar surface area (TPSA) is 49.3 Å². The Kier molecular flexibility index (Phi) is 5.68. The fourth-order valence-electron chi connectivity index (χ4n) is 2.88. The third-order valence-corrected chi connectivity index (χ3v) is 5.57. The summed E-state index contributed by atoms with van der Waals surface area (Å²) in [6, 6.07) is 6.96.